The highest BCUT2D eigenvalue weighted by molar-refractivity contribution is 6.34. The number of nitrogens with zero attached hydrogens (tertiary/aromatic N) is 1. The molecule has 0 aliphatic heterocycles. The molecule has 0 unspecified atom stereocenters. The highest BCUT2D eigenvalue weighted by Crippen LogP contribution is 2.24. The second kappa shape index (κ2) is 5.21. The molecule has 0 spiro atoms. The number of hydrogen-bond acceptors (Lipinski definition) is 2. The summed E-state index contributed by atoms with van der Waals surface area (Å²) in [6, 6.07) is 3.40. The molecule has 0 aliphatic carbocycles. The summed E-state index contributed by atoms with van der Waals surface area (Å²) in [5, 5.41) is 9.48. The number of carbonyl (C=O) groups is 2. The lowest BCUT2D eigenvalue weighted by atomic mass is 10.0. The molecule has 0 atom stereocenters. The van der Waals surface area contributed by atoms with Crippen LogP contribution in [0.2, 0.25) is 5.02 Å². The molecule has 1 aromatic carbocycles. The van der Waals surface area contributed by atoms with Crippen LogP contribution in [0.25, 0.3) is 0 Å². The van der Waals surface area contributed by atoms with E-state index < -0.39 is 17.4 Å². The van der Waals surface area contributed by atoms with Crippen LogP contribution in [0.15, 0.2) is 12.1 Å². The third-order valence-electron chi connectivity index (χ3n) is 3.48. The van der Waals surface area contributed by atoms with Crippen molar-refractivity contribution in [1.29, 1.82) is 0 Å². The molecular formula is C14H18ClNO3. The smallest absolute Gasteiger partial charge is 0.329 e. The number of carboxylic acid groups (broad SMARTS) is 1. The third kappa shape index (κ3) is 2.89. The van der Waals surface area contributed by atoms with E-state index in [1.54, 1.807) is 12.1 Å². The van der Waals surface area contributed by atoms with E-state index in [-0.39, 0.29) is 0 Å². The molecule has 4 nitrogen and oxygen atoms in total. The Hall–Kier alpha value is -1.55. The van der Waals surface area contributed by atoms with Crippen LogP contribution in [-0.2, 0) is 4.79 Å². The Kier molecular flexibility index (Phi) is 4.25. The van der Waals surface area contributed by atoms with Crippen molar-refractivity contribution in [3.05, 3.63) is 33.8 Å². The van der Waals surface area contributed by atoms with E-state index in [4.69, 9.17) is 16.7 Å². The summed E-state index contributed by atoms with van der Waals surface area (Å²) in [6.07, 6.45) is 0. The number of likely N-dealkylation sites (N-methyl/N-ethyl adjacent to an activating group) is 1. The molecule has 0 aliphatic rings. The van der Waals surface area contributed by atoms with Gasteiger partial charge in [-0.2, -0.15) is 0 Å². The van der Waals surface area contributed by atoms with Crippen LogP contribution in [0.1, 0.15) is 35.3 Å². The molecule has 1 aromatic rings. The van der Waals surface area contributed by atoms with Gasteiger partial charge < -0.3 is 10.0 Å². The van der Waals surface area contributed by atoms with E-state index in [1.807, 2.05) is 13.8 Å². The Morgan fingerprint density at radius 1 is 1.21 bits per heavy atom. The fourth-order valence-corrected chi connectivity index (χ4v) is 1.82. The number of amides is 1. The Morgan fingerprint density at radius 2 is 1.68 bits per heavy atom. The van der Waals surface area contributed by atoms with Gasteiger partial charge in [-0.15, -0.1) is 0 Å². The molecule has 104 valence electrons. The molecule has 5 heteroatoms. The van der Waals surface area contributed by atoms with Crippen molar-refractivity contribution in [2.45, 2.75) is 33.2 Å². The number of carbonyl (C=O) groups excluding carboxylic acids is 1. The van der Waals surface area contributed by atoms with Crippen LogP contribution >= 0.6 is 11.6 Å². The van der Waals surface area contributed by atoms with Crippen LogP contribution < -0.4 is 0 Å². The zero-order valence-electron chi connectivity index (χ0n) is 11.7. The van der Waals surface area contributed by atoms with Crippen LogP contribution in [0.4, 0.5) is 0 Å². The van der Waals surface area contributed by atoms with Crippen molar-refractivity contribution >= 4 is 23.5 Å². The minimum Gasteiger partial charge on any atom is -0.480 e. The molecule has 0 aromatic heterocycles. The van der Waals surface area contributed by atoms with Gasteiger partial charge in [0.1, 0.15) is 5.54 Å². The molecular weight excluding hydrogens is 266 g/mol. The average molecular weight is 284 g/mol. The van der Waals surface area contributed by atoms with Gasteiger partial charge in [-0.1, -0.05) is 11.6 Å². The van der Waals surface area contributed by atoms with Crippen molar-refractivity contribution in [3.8, 4) is 0 Å². The summed E-state index contributed by atoms with van der Waals surface area (Å²) in [6.45, 7) is 6.73. The molecule has 0 fully saturated rings. The molecule has 0 saturated heterocycles. The number of aliphatic carboxylic acids is 1. The molecule has 19 heavy (non-hydrogen) atoms. The first kappa shape index (κ1) is 15.5. The molecule has 0 saturated carbocycles. The van der Waals surface area contributed by atoms with E-state index in [1.165, 1.54) is 25.8 Å². The van der Waals surface area contributed by atoms with Gasteiger partial charge in [0.25, 0.3) is 5.91 Å². The van der Waals surface area contributed by atoms with Gasteiger partial charge in [0.2, 0.25) is 0 Å². The quantitative estimate of drug-likeness (QED) is 0.928. The highest BCUT2D eigenvalue weighted by Gasteiger charge is 2.36. The van der Waals surface area contributed by atoms with Crippen molar-refractivity contribution in [1.82, 2.24) is 4.90 Å². The maximum Gasteiger partial charge on any atom is 0.329 e. The van der Waals surface area contributed by atoms with E-state index in [2.05, 4.69) is 0 Å². The fraction of sp³-hybridized carbons (Fsp3) is 0.429. The predicted octanol–water partition coefficient (Wildman–Crippen LogP) is 2.89. The molecule has 1 N–H and O–H groups in total. The van der Waals surface area contributed by atoms with Crippen LogP contribution in [0.5, 0.6) is 0 Å². The highest BCUT2D eigenvalue weighted by atomic mass is 35.5. The van der Waals surface area contributed by atoms with Crippen molar-refractivity contribution < 1.29 is 14.7 Å². The average Bonchev–Trinajstić information content (AvgIpc) is 2.31. The fourth-order valence-electron chi connectivity index (χ4n) is 1.52. The second-order valence-corrected chi connectivity index (χ2v) is 5.55. The van der Waals surface area contributed by atoms with Crippen molar-refractivity contribution in [2.24, 2.45) is 0 Å². The monoisotopic (exact) mass is 283 g/mol. The molecule has 0 heterocycles. The Labute approximate surface area is 118 Å². The van der Waals surface area contributed by atoms with Crippen LogP contribution in [0, 0.1) is 13.8 Å². The number of carboxylic acids is 1. The molecule has 1 amide bonds. The Balaban J connectivity index is 3.21. The first-order valence-electron chi connectivity index (χ1n) is 5.87. The largest absolute Gasteiger partial charge is 0.480 e. The van der Waals surface area contributed by atoms with Gasteiger partial charge in [0, 0.05) is 7.05 Å². The van der Waals surface area contributed by atoms with Crippen LogP contribution in [0.3, 0.4) is 0 Å². The van der Waals surface area contributed by atoms with E-state index in [9.17, 15) is 9.59 Å². The number of benzene rings is 1. The lowest BCUT2D eigenvalue weighted by Gasteiger charge is -2.32. The molecule has 0 bridgehead atoms. The predicted molar refractivity (Wildman–Crippen MR) is 74.7 cm³/mol. The van der Waals surface area contributed by atoms with Gasteiger partial charge >= 0.3 is 5.97 Å². The summed E-state index contributed by atoms with van der Waals surface area (Å²) in [7, 11) is 1.46. The lowest BCUT2D eigenvalue weighted by Crippen LogP contribution is -2.50. The molecule has 0 radical (unpaired) electrons. The standard InChI is InChI=1S/C14H18ClNO3/c1-8-6-10(11(15)7-9(8)2)12(17)16(5)14(3,4)13(18)19/h6-7H,1-5H3,(H,18,19). The van der Waals surface area contributed by atoms with Gasteiger partial charge in [-0.25, -0.2) is 4.79 Å². The first-order chi connectivity index (χ1) is 8.59. The van der Waals surface area contributed by atoms with Gasteiger partial charge in [-0.05, 0) is 51.0 Å². The minimum atomic E-state index is -1.29. The maximum atomic E-state index is 12.4. The Morgan fingerprint density at radius 3 is 2.16 bits per heavy atom. The SMILES string of the molecule is Cc1cc(Cl)c(C(=O)N(C)C(C)(C)C(=O)O)cc1C. The van der Waals surface area contributed by atoms with E-state index in [0.29, 0.717) is 10.6 Å². The Bertz CT molecular complexity index is 538. The van der Waals surface area contributed by atoms with Crippen molar-refractivity contribution in [2.75, 3.05) is 7.05 Å². The zero-order chi connectivity index (χ0) is 15.0. The summed E-state index contributed by atoms with van der Waals surface area (Å²) < 4.78 is 0. The van der Waals surface area contributed by atoms with E-state index in [0.717, 1.165) is 11.1 Å². The van der Waals surface area contributed by atoms with Gasteiger partial charge in [0.05, 0.1) is 10.6 Å². The first-order valence-corrected chi connectivity index (χ1v) is 6.25. The van der Waals surface area contributed by atoms with Crippen molar-refractivity contribution in [3.63, 3.8) is 0 Å². The molecule has 1 rings (SSSR count). The summed E-state index contributed by atoms with van der Waals surface area (Å²) >= 11 is 6.08. The summed E-state index contributed by atoms with van der Waals surface area (Å²) in [5.41, 5.74) is 0.955. The summed E-state index contributed by atoms with van der Waals surface area (Å²) in [5.74, 6) is -1.47. The van der Waals surface area contributed by atoms with Gasteiger partial charge in [0.15, 0.2) is 0 Å². The third-order valence-corrected chi connectivity index (χ3v) is 3.79. The number of hydrogen-bond donors (Lipinski definition) is 1. The number of halogens is 1. The second-order valence-electron chi connectivity index (χ2n) is 5.14. The normalized spacial score (nSPS) is 11.3. The number of rotatable bonds is 3. The minimum absolute atomic E-state index is 0.321. The van der Waals surface area contributed by atoms with E-state index >= 15 is 0 Å². The lowest BCUT2D eigenvalue weighted by molar-refractivity contribution is -0.147. The van der Waals surface area contributed by atoms with Crippen LogP contribution in [-0.4, -0.2) is 34.5 Å². The maximum absolute atomic E-state index is 12.4. The zero-order valence-corrected chi connectivity index (χ0v) is 12.5. The topological polar surface area (TPSA) is 57.6 Å². The van der Waals surface area contributed by atoms with Gasteiger partial charge in [-0.3, -0.25) is 4.79 Å². The summed E-state index contributed by atoms with van der Waals surface area (Å²) in [4.78, 5) is 24.7. The number of aryl methyl sites for hydroxylation is 2.